The van der Waals surface area contributed by atoms with Crippen LogP contribution in [-0.4, -0.2) is 39.2 Å². The van der Waals surface area contributed by atoms with E-state index < -0.39 is 11.9 Å². The van der Waals surface area contributed by atoms with Gasteiger partial charge in [0.25, 0.3) is 0 Å². The molecule has 96 valence electrons. The molecule has 2 aromatic carbocycles. The molecule has 2 rings (SSSR count). The van der Waals surface area contributed by atoms with Gasteiger partial charge in [0.15, 0.2) is 0 Å². The van der Waals surface area contributed by atoms with Crippen molar-refractivity contribution in [2.75, 3.05) is 0 Å². The molecule has 0 aliphatic heterocycles. The zero-order chi connectivity index (χ0) is 12.8. The number of hydrogen-bond donors (Lipinski definition) is 0. The fraction of sp³-hybridized carbons (Fsp3) is 0. The van der Waals surface area contributed by atoms with Gasteiger partial charge in [-0.3, -0.25) is 0 Å². The Morgan fingerprint density at radius 3 is 1.26 bits per heavy atom. The number of benzene rings is 2. The Balaban J connectivity index is 0.00000180. The van der Waals surface area contributed by atoms with Gasteiger partial charge in [0.2, 0.25) is 0 Å². The Bertz CT molecular complexity index is 488. The molecule has 0 aromatic heterocycles. The molecule has 2 radical (unpaired) electrons. The van der Waals surface area contributed by atoms with Gasteiger partial charge < -0.3 is 0 Å². The average molecular weight is 451 g/mol. The second-order valence-electron chi connectivity index (χ2n) is 3.47. The fourth-order valence-corrected chi connectivity index (χ4v) is 1.32. The van der Waals surface area contributed by atoms with Gasteiger partial charge >= 0.3 is 39.2 Å². The molecular weight excluding hydrogens is 439 g/mol. The maximum absolute atomic E-state index is 11.5. The molecule has 0 N–H and O–H groups in total. The third-order valence-corrected chi connectivity index (χ3v) is 2.21. The second-order valence-corrected chi connectivity index (χ2v) is 3.47. The SMILES string of the molecule is O=C(OOC(=O)c1ccccc1)c1ccccc1.[PbH2]. The van der Waals surface area contributed by atoms with Crippen LogP contribution in [0.2, 0.25) is 0 Å². The van der Waals surface area contributed by atoms with Crippen LogP contribution >= 0.6 is 0 Å². The van der Waals surface area contributed by atoms with Crippen LogP contribution in [0.1, 0.15) is 20.7 Å². The number of rotatable bonds is 2. The van der Waals surface area contributed by atoms with E-state index in [2.05, 4.69) is 9.78 Å². The van der Waals surface area contributed by atoms with Crippen molar-refractivity contribution >= 4 is 39.2 Å². The van der Waals surface area contributed by atoms with Gasteiger partial charge in [0.1, 0.15) is 0 Å². The summed E-state index contributed by atoms with van der Waals surface area (Å²) in [6, 6.07) is 16.6. The number of carbonyl (C=O) groups excluding carboxylic acids is 2. The van der Waals surface area contributed by atoms with Gasteiger partial charge in [0, 0.05) is 0 Å². The van der Waals surface area contributed by atoms with E-state index in [4.69, 9.17) is 0 Å². The van der Waals surface area contributed by atoms with E-state index in [1.54, 1.807) is 60.7 Å². The first-order chi connectivity index (χ1) is 8.77. The van der Waals surface area contributed by atoms with Gasteiger partial charge in [-0.1, -0.05) is 36.4 Å². The Morgan fingerprint density at radius 2 is 0.947 bits per heavy atom. The van der Waals surface area contributed by atoms with Crippen molar-refractivity contribution in [3.63, 3.8) is 0 Å². The summed E-state index contributed by atoms with van der Waals surface area (Å²) in [6.45, 7) is 0. The van der Waals surface area contributed by atoms with E-state index in [1.807, 2.05) is 0 Å². The second kappa shape index (κ2) is 7.67. The number of hydrogen-bond acceptors (Lipinski definition) is 4. The summed E-state index contributed by atoms with van der Waals surface area (Å²) in [4.78, 5) is 31.9. The summed E-state index contributed by atoms with van der Waals surface area (Å²) in [5, 5.41) is 0. The topological polar surface area (TPSA) is 52.6 Å². The van der Waals surface area contributed by atoms with Crippen molar-refractivity contribution < 1.29 is 19.4 Å². The normalized spacial score (nSPS) is 9.05. The first-order valence-corrected chi connectivity index (χ1v) is 5.30. The fourth-order valence-electron chi connectivity index (χ4n) is 1.32. The van der Waals surface area contributed by atoms with Crippen molar-refractivity contribution in [1.29, 1.82) is 0 Å². The monoisotopic (exact) mass is 452 g/mol. The van der Waals surface area contributed by atoms with E-state index in [0.717, 1.165) is 0 Å². The molecule has 19 heavy (non-hydrogen) atoms. The van der Waals surface area contributed by atoms with Crippen LogP contribution in [0.5, 0.6) is 0 Å². The van der Waals surface area contributed by atoms with Gasteiger partial charge in [-0.25, -0.2) is 19.4 Å². The molecule has 0 aliphatic carbocycles. The van der Waals surface area contributed by atoms with Gasteiger partial charge in [0.05, 0.1) is 11.1 Å². The third kappa shape index (κ3) is 4.47. The minimum absolute atomic E-state index is 0. The van der Waals surface area contributed by atoms with E-state index in [9.17, 15) is 9.59 Å². The summed E-state index contributed by atoms with van der Waals surface area (Å²) in [5.41, 5.74) is 0.636. The molecule has 0 heterocycles. The molecule has 0 fully saturated rings. The van der Waals surface area contributed by atoms with Crippen molar-refractivity contribution in [1.82, 2.24) is 0 Å². The van der Waals surface area contributed by atoms with Gasteiger partial charge in [-0.05, 0) is 24.3 Å². The molecule has 0 amide bonds. The number of carbonyl (C=O) groups is 2. The molecule has 0 bridgehead atoms. The van der Waals surface area contributed by atoms with E-state index in [0.29, 0.717) is 11.1 Å². The zero-order valence-electron chi connectivity index (χ0n) is 10.1. The van der Waals surface area contributed by atoms with Gasteiger partial charge in [-0.2, -0.15) is 0 Å². The standard InChI is InChI=1S/C14H10O4.Pb.2H/c15-13(11-7-3-1-4-8-11)17-18-14(16)12-9-5-2-6-10-12;;;/h1-10H;;;. The van der Waals surface area contributed by atoms with Crippen LogP contribution in [0.4, 0.5) is 0 Å². The molecular formula is C14H12O4Pb. The van der Waals surface area contributed by atoms with Crippen LogP contribution in [-0.2, 0) is 9.78 Å². The molecule has 4 nitrogen and oxygen atoms in total. The molecule has 0 aliphatic rings. The van der Waals surface area contributed by atoms with Gasteiger partial charge in [-0.15, -0.1) is 0 Å². The first-order valence-electron chi connectivity index (χ1n) is 5.30. The minimum atomic E-state index is -0.708. The first kappa shape index (κ1) is 15.4. The molecule has 0 unspecified atom stereocenters. The Labute approximate surface area is 130 Å². The molecule has 2 aromatic rings. The average Bonchev–Trinajstić information content (AvgIpc) is 2.46. The summed E-state index contributed by atoms with van der Waals surface area (Å²) >= 11 is 0. The maximum atomic E-state index is 11.5. The third-order valence-electron chi connectivity index (χ3n) is 2.21. The van der Waals surface area contributed by atoms with Crippen LogP contribution in [0.3, 0.4) is 0 Å². The predicted octanol–water partition coefficient (Wildman–Crippen LogP) is 1.70. The van der Waals surface area contributed by atoms with Crippen molar-refractivity contribution in [2.24, 2.45) is 0 Å². The zero-order valence-corrected chi connectivity index (χ0v) is 15.6. The summed E-state index contributed by atoms with van der Waals surface area (Å²) in [6.07, 6.45) is 0. The molecule has 0 saturated heterocycles. The van der Waals surface area contributed by atoms with Crippen LogP contribution < -0.4 is 0 Å². The van der Waals surface area contributed by atoms with E-state index in [-0.39, 0.29) is 27.3 Å². The Morgan fingerprint density at radius 1 is 0.632 bits per heavy atom. The van der Waals surface area contributed by atoms with Crippen molar-refractivity contribution in [3.8, 4) is 0 Å². The summed E-state index contributed by atoms with van der Waals surface area (Å²) in [5.74, 6) is -1.42. The molecule has 0 spiro atoms. The van der Waals surface area contributed by atoms with E-state index >= 15 is 0 Å². The predicted molar refractivity (Wildman–Crippen MR) is 72.3 cm³/mol. The van der Waals surface area contributed by atoms with Crippen molar-refractivity contribution in [2.45, 2.75) is 0 Å². The van der Waals surface area contributed by atoms with Crippen LogP contribution in [0, 0.1) is 0 Å². The van der Waals surface area contributed by atoms with Crippen LogP contribution in [0.25, 0.3) is 0 Å². The molecule has 0 atom stereocenters. The summed E-state index contributed by atoms with van der Waals surface area (Å²) < 4.78 is 0. The quantitative estimate of drug-likeness (QED) is 0.396. The Hall–Kier alpha value is -1.70. The summed E-state index contributed by atoms with van der Waals surface area (Å²) in [7, 11) is 0. The van der Waals surface area contributed by atoms with Crippen LogP contribution in [0.15, 0.2) is 60.7 Å². The Kier molecular flexibility index (Phi) is 6.20. The molecule has 5 heteroatoms. The van der Waals surface area contributed by atoms with E-state index in [1.165, 1.54) is 0 Å². The molecule has 0 saturated carbocycles. The van der Waals surface area contributed by atoms with Crippen molar-refractivity contribution in [3.05, 3.63) is 71.8 Å².